The van der Waals surface area contributed by atoms with Gasteiger partial charge >= 0.3 is 6.03 Å². The molecular formula is C16H18ClN5O2. The fourth-order valence-corrected chi connectivity index (χ4v) is 2.77. The largest absolute Gasteiger partial charge is 0.366 e. The lowest BCUT2D eigenvalue weighted by molar-refractivity contribution is 0.100. The number of primary amides is 1. The summed E-state index contributed by atoms with van der Waals surface area (Å²) in [6.45, 7) is 3.60. The second-order valence-electron chi connectivity index (χ2n) is 5.71. The standard InChI is InChI=1S/C16H18ClN5O2/c17-14-3-1-12(2-4-14)10-20-5-7-21(8-6-20)16(24)22-11-13(9-19-22)15(18)23/h1-4,9,11H,5-8,10H2,(H2,18,23). The van der Waals surface area contributed by atoms with E-state index in [1.807, 2.05) is 24.3 Å². The number of benzene rings is 1. The third-order valence-electron chi connectivity index (χ3n) is 4.03. The maximum absolute atomic E-state index is 12.4. The lowest BCUT2D eigenvalue weighted by Gasteiger charge is -2.34. The van der Waals surface area contributed by atoms with E-state index >= 15 is 0 Å². The molecule has 0 bridgehead atoms. The molecule has 1 saturated heterocycles. The van der Waals surface area contributed by atoms with E-state index in [1.165, 1.54) is 18.0 Å². The summed E-state index contributed by atoms with van der Waals surface area (Å²) >= 11 is 5.89. The average molecular weight is 348 g/mol. The molecule has 0 saturated carbocycles. The van der Waals surface area contributed by atoms with E-state index in [0.29, 0.717) is 13.1 Å². The van der Waals surface area contributed by atoms with Gasteiger partial charge in [0.1, 0.15) is 0 Å². The maximum atomic E-state index is 12.4. The summed E-state index contributed by atoms with van der Waals surface area (Å²) in [7, 11) is 0. The van der Waals surface area contributed by atoms with Gasteiger partial charge < -0.3 is 10.6 Å². The molecule has 2 amide bonds. The van der Waals surface area contributed by atoms with Gasteiger partial charge in [-0.1, -0.05) is 23.7 Å². The smallest absolute Gasteiger partial charge is 0.344 e. The summed E-state index contributed by atoms with van der Waals surface area (Å²) < 4.78 is 1.16. The zero-order valence-electron chi connectivity index (χ0n) is 13.1. The molecule has 2 heterocycles. The first kappa shape index (κ1) is 16.5. The minimum absolute atomic E-state index is 0.227. The second-order valence-corrected chi connectivity index (χ2v) is 6.15. The van der Waals surface area contributed by atoms with E-state index < -0.39 is 5.91 Å². The Hall–Kier alpha value is -2.38. The SMILES string of the molecule is NC(=O)c1cnn(C(=O)N2CCN(Cc3ccc(Cl)cc3)CC2)c1. The molecule has 7 nitrogen and oxygen atoms in total. The van der Waals surface area contributed by atoms with Crippen LogP contribution in [0.25, 0.3) is 0 Å². The Kier molecular flexibility index (Phi) is 4.82. The third-order valence-corrected chi connectivity index (χ3v) is 4.28. The van der Waals surface area contributed by atoms with E-state index in [9.17, 15) is 9.59 Å². The van der Waals surface area contributed by atoms with Crippen LogP contribution in [-0.2, 0) is 6.54 Å². The Labute approximate surface area is 144 Å². The first-order chi connectivity index (χ1) is 11.5. The number of piperazine rings is 1. The van der Waals surface area contributed by atoms with Gasteiger partial charge in [-0.2, -0.15) is 9.78 Å². The highest BCUT2D eigenvalue weighted by Gasteiger charge is 2.23. The first-order valence-corrected chi connectivity index (χ1v) is 8.01. The molecule has 0 atom stereocenters. The number of halogens is 1. The van der Waals surface area contributed by atoms with E-state index in [4.69, 9.17) is 17.3 Å². The van der Waals surface area contributed by atoms with E-state index in [0.717, 1.165) is 29.3 Å². The molecule has 24 heavy (non-hydrogen) atoms. The zero-order chi connectivity index (χ0) is 17.1. The van der Waals surface area contributed by atoms with Gasteiger partial charge in [-0.05, 0) is 17.7 Å². The van der Waals surface area contributed by atoms with E-state index in [2.05, 4.69) is 10.00 Å². The highest BCUT2D eigenvalue weighted by Crippen LogP contribution is 2.13. The minimum atomic E-state index is -0.596. The predicted octanol–water partition coefficient (Wildman–Crippen LogP) is 1.42. The number of hydrogen-bond acceptors (Lipinski definition) is 4. The van der Waals surface area contributed by atoms with Crippen LogP contribution in [-0.4, -0.2) is 57.7 Å². The molecule has 0 unspecified atom stereocenters. The number of carbonyl (C=O) groups is 2. The molecule has 1 aliphatic rings. The average Bonchev–Trinajstić information content (AvgIpc) is 3.07. The fraction of sp³-hybridized carbons (Fsp3) is 0.312. The van der Waals surface area contributed by atoms with E-state index in [-0.39, 0.29) is 11.6 Å². The summed E-state index contributed by atoms with van der Waals surface area (Å²) in [4.78, 5) is 27.5. The topological polar surface area (TPSA) is 84.5 Å². The summed E-state index contributed by atoms with van der Waals surface area (Å²) in [6.07, 6.45) is 2.67. The molecule has 0 radical (unpaired) electrons. The molecule has 1 aromatic carbocycles. The summed E-state index contributed by atoms with van der Waals surface area (Å²) in [6, 6.07) is 7.54. The van der Waals surface area contributed by atoms with Crippen LogP contribution < -0.4 is 5.73 Å². The van der Waals surface area contributed by atoms with Crippen molar-refractivity contribution in [1.82, 2.24) is 19.6 Å². The lowest BCUT2D eigenvalue weighted by Crippen LogP contribution is -2.49. The van der Waals surface area contributed by atoms with Crippen molar-refractivity contribution >= 4 is 23.5 Å². The van der Waals surface area contributed by atoms with Crippen LogP contribution in [0.1, 0.15) is 15.9 Å². The number of amides is 2. The molecule has 2 aromatic rings. The van der Waals surface area contributed by atoms with Crippen LogP contribution in [0.2, 0.25) is 5.02 Å². The fourth-order valence-electron chi connectivity index (χ4n) is 2.64. The molecule has 126 valence electrons. The second kappa shape index (κ2) is 7.02. The van der Waals surface area contributed by atoms with Crippen molar-refractivity contribution in [2.45, 2.75) is 6.54 Å². The van der Waals surface area contributed by atoms with E-state index in [1.54, 1.807) is 4.90 Å². The molecule has 8 heteroatoms. The van der Waals surface area contributed by atoms with Crippen molar-refractivity contribution < 1.29 is 9.59 Å². The van der Waals surface area contributed by atoms with Gasteiger partial charge in [-0.15, -0.1) is 0 Å². The van der Waals surface area contributed by atoms with Crippen molar-refractivity contribution in [2.75, 3.05) is 26.2 Å². The van der Waals surface area contributed by atoms with Crippen LogP contribution >= 0.6 is 11.6 Å². The number of carbonyl (C=O) groups excluding carboxylic acids is 2. The minimum Gasteiger partial charge on any atom is -0.366 e. The number of hydrogen-bond donors (Lipinski definition) is 1. The highest BCUT2D eigenvalue weighted by molar-refractivity contribution is 6.30. The van der Waals surface area contributed by atoms with Crippen LogP contribution in [0.5, 0.6) is 0 Å². The Morgan fingerprint density at radius 2 is 1.79 bits per heavy atom. The zero-order valence-corrected chi connectivity index (χ0v) is 13.8. The molecule has 0 aliphatic carbocycles. The molecule has 1 fully saturated rings. The molecule has 0 spiro atoms. The van der Waals surface area contributed by atoms with Crippen molar-refractivity contribution in [1.29, 1.82) is 0 Å². The predicted molar refractivity (Wildman–Crippen MR) is 89.8 cm³/mol. The molecule has 1 aliphatic heterocycles. The Bertz CT molecular complexity index is 735. The van der Waals surface area contributed by atoms with Crippen molar-refractivity contribution in [3.63, 3.8) is 0 Å². The van der Waals surface area contributed by atoms with Gasteiger partial charge in [0.2, 0.25) is 0 Å². The number of nitrogens with two attached hydrogens (primary N) is 1. The van der Waals surface area contributed by atoms with Crippen LogP contribution in [0.3, 0.4) is 0 Å². The normalized spacial score (nSPS) is 15.5. The Balaban J connectivity index is 1.55. The van der Waals surface area contributed by atoms with Crippen molar-refractivity contribution in [3.8, 4) is 0 Å². The first-order valence-electron chi connectivity index (χ1n) is 7.63. The Morgan fingerprint density at radius 3 is 2.38 bits per heavy atom. The Morgan fingerprint density at radius 1 is 1.12 bits per heavy atom. The monoisotopic (exact) mass is 347 g/mol. The van der Waals surface area contributed by atoms with Gasteiger partial charge in [-0.3, -0.25) is 9.69 Å². The third kappa shape index (κ3) is 3.74. The summed E-state index contributed by atoms with van der Waals surface area (Å²) in [5, 5.41) is 4.63. The summed E-state index contributed by atoms with van der Waals surface area (Å²) in [5.41, 5.74) is 6.59. The highest BCUT2D eigenvalue weighted by atomic mass is 35.5. The number of rotatable bonds is 3. The lowest BCUT2D eigenvalue weighted by atomic mass is 10.2. The molecule has 2 N–H and O–H groups in total. The quantitative estimate of drug-likeness (QED) is 0.910. The number of aromatic nitrogens is 2. The van der Waals surface area contributed by atoms with Crippen molar-refractivity contribution in [2.24, 2.45) is 5.73 Å². The maximum Gasteiger partial charge on any atom is 0.344 e. The molecular weight excluding hydrogens is 330 g/mol. The molecule has 3 rings (SSSR count). The van der Waals surface area contributed by atoms with Crippen LogP contribution in [0.15, 0.2) is 36.7 Å². The van der Waals surface area contributed by atoms with Gasteiger partial charge in [0, 0.05) is 43.9 Å². The van der Waals surface area contributed by atoms with Gasteiger partial charge in [-0.25, -0.2) is 4.79 Å². The number of nitrogens with zero attached hydrogens (tertiary/aromatic N) is 4. The van der Waals surface area contributed by atoms with Gasteiger partial charge in [0.05, 0.1) is 11.8 Å². The van der Waals surface area contributed by atoms with Crippen LogP contribution in [0, 0.1) is 0 Å². The van der Waals surface area contributed by atoms with Crippen molar-refractivity contribution in [3.05, 3.63) is 52.8 Å². The summed E-state index contributed by atoms with van der Waals surface area (Å²) in [5.74, 6) is -0.596. The van der Waals surface area contributed by atoms with Crippen LogP contribution in [0.4, 0.5) is 4.79 Å². The molecule has 1 aromatic heterocycles. The van der Waals surface area contributed by atoms with Gasteiger partial charge in [0.25, 0.3) is 5.91 Å². The van der Waals surface area contributed by atoms with Gasteiger partial charge in [0.15, 0.2) is 0 Å².